The molecule has 0 atom stereocenters. The lowest BCUT2D eigenvalue weighted by Crippen LogP contribution is -2.08. The van der Waals surface area contributed by atoms with E-state index < -0.39 is 0 Å². The molecule has 1 amide bonds. The molecule has 1 N–H and O–H groups in total. The summed E-state index contributed by atoms with van der Waals surface area (Å²) in [5.41, 5.74) is 3.43. The number of carbonyl (C=O) groups is 1. The quantitative estimate of drug-likeness (QED) is 0.423. The molecule has 3 aromatic rings. The molecule has 0 radical (unpaired) electrons. The Morgan fingerprint density at radius 2 is 1.70 bits per heavy atom. The highest BCUT2D eigenvalue weighted by Gasteiger charge is 2.07. The molecule has 0 aliphatic carbocycles. The molecule has 3 rings (SSSR count). The van der Waals surface area contributed by atoms with Crippen LogP contribution in [-0.4, -0.2) is 13.0 Å². The molecular weight excluding hydrogens is 421 g/mol. The SMILES string of the molecule is COc1cc(C=CC(=O)Nc2ccc(Cl)cc2C)ccc1OCc1ccc(Cl)cc1. The molecule has 0 saturated heterocycles. The number of amides is 1. The lowest BCUT2D eigenvalue weighted by atomic mass is 10.1. The van der Waals surface area contributed by atoms with Crippen molar-refractivity contribution in [2.75, 3.05) is 12.4 Å². The van der Waals surface area contributed by atoms with Crippen LogP contribution in [0.5, 0.6) is 11.5 Å². The van der Waals surface area contributed by atoms with Gasteiger partial charge in [0.1, 0.15) is 6.61 Å². The van der Waals surface area contributed by atoms with Crippen LogP contribution >= 0.6 is 23.2 Å². The Labute approximate surface area is 186 Å². The van der Waals surface area contributed by atoms with Gasteiger partial charge in [0.25, 0.3) is 0 Å². The first-order chi connectivity index (χ1) is 14.4. The van der Waals surface area contributed by atoms with Crippen molar-refractivity contribution >= 4 is 40.9 Å². The Morgan fingerprint density at radius 1 is 0.967 bits per heavy atom. The molecule has 0 fully saturated rings. The van der Waals surface area contributed by atoms with Crippen molar-refractivity contribution in [3.8, 4) is 11.5 Å². The van der Waals surface area contributed by atoms with Crippen molar-refractivity contribution in [3.05, 3.63) is 93.5 Å². The molecule has 154 valence electrons. The fraction of sp³-hybridized carbons (Fsp3) is 0.125. The van der Waals surface area contributed by atoms with Crippen molar-refractivity contribution in [2.45, 2.75) is 13.5 Å². The Morgan fingerprint density at radius 3 is 2.40 bits per heavy atom. The number of anilines is 1. The van der Waals surface area contributed by atoms with E-state index in [-0.39, 0.29) is 5.91 Å². The average molecular weight is 442 g/mol. The number of methoxy groups -OCH3 is 1. The molecule has 3 aromatic carbocycles. The Bertz CT molecular complexity index is 1060. The summed E-state index contributed by atoms with van der Waals surface area (Å²) in [6.07, 6.45) is 3.18. The summed E-state index contributed by atoms with van der Waals surface area (Å²) in [4.78, 5) is 12.2. The number of hydrogen-bond donors (Lipinski definition) is 1. The molecule has 0 heterocycles. The number of halogens is 2. The van der Waals surface area contributed by atoms with Crippen LogP contribution in [0.3, 0.4) is 0 Å². The molecule has 0 aliphatic rings. The summed E-state index contributed by atoms with van der Waals surface area (Å²) < 4.78 is 11.3. The van der Waals surface area contributed by atoms with E-state index in [2.05, 4.69) is 5.32 Å². The highest BCUT2D eigenvalue weighted by molar-refractivity contribution is 6.31. The molecule has 0 aliphatic heterocycles. The van der Waals surface area contributed by atoms with Gasteiger partial charge in [-0.3, -0.25) is 4.79 Å². The summed E-state index contributed by atoms with van der Waals surface area (Å²) >= 11 is 11.8. The Hall–Kier alpha value is -2.95. The van der Waals surface area contributed by atoms with Gasteiger partial charge in [-0.2, -0.15) is 0 Å². The predicted octanol–water partition coefficient (Wildman–Crippen LogP) is 6.54. The zero-order chi connectivity index (χ0) is 21.5. The molecule has 30 heavy (non-hydrogen) atoms. The standard InChI is InChI=1S/C24H21Cl2NO3/c1-16-13-20(26)9-10-21(16)27-24(28)12-6-17-5-11-22(23(14-17)29-2)30-15-18-3-7-19(25)8-4-18/h3-14H,15H2,1-2H3,(H,27,28). The maximum atomic E-state index is 12.2. The second-order valence-corrected chi connectivity index (χ2v) is 7.48. The van der Waals surface area contributed by atoms with Crippen molar-refractivity contribution < 1.29 is 14.3 Å². The normalized spacial score (nSPS) is 10.8. The number of aryl methyl sites for hydroxylation is 1. The fourth-order valence-corrected chi connectivity index (χ4v) is 3.12. The van der Waals surface area contributed by atoms with E-state index >= 15 is 0 Å². The molecule has 0 saturated carbocycles. The van der Waals surface area contributed by atoms with Crippen LogP contribution < -0.4 is 14.8 Å². The minimum atomic E-state index is -0.234. The molecule has 0 aromatic heterocycles. The third-order valence-corrected chi connectivity index (χ3v) is 4.86. The number of rotatable bonds is 7. The number of ether oxygens (including phenoxy) is 2. The van der Waals surface area contributed by atoms with Crippen molar-refractivity contribution in [1.29, 1.82) is 0 Å². The third kappa shape index (κ3) is 6.02. The summed E-state index contributed by atoms with van der Waals surface area (Å²) in [5, 5.41) is 4.15. The van der Waals surface area contributed by atoms with Gasteiger partial charge in [0.2, 0.25) is 5.91 Å². The van der Waals surface area contributed by atoms with Gasteiger partial charge in [0.05, 0.1) is 7.11 Å². The third-order valence-electron chi connectivity index (χ3n) is 4.37. The molecule has 0 bridgehead atoms. The van der Waals surface area contributed by atoms with E-state index in [9.17, 15) is 4.79 Å². The Kier molecular flexibility index (Phi) is 7.39. The van der Waals surface area contributed by atoms with Gasteiger partial charge >= 0.3 is 0 Å². The fourth-order valence-electron chi connectivity index (χ4n) is 2.76. The van der Waals surface area contributed by atoms with E-state index in [1.54, 1.807) is 31.4 Å². The van der Waals surface area contributed by atoms with E-state index in [1.807, 2.05) is 49.4 Å². The van der Waals surface area contributed by atoms with Crippen LogP contribution in [0, 0.1) is 6.92 Å². The minimum absolute atomic E-state index is 0.234. The smallest absolute Gasteiger partial charge is 0.248 e. The number of hydrogen-bond acceptors (Lipinski definition) is 3. The first-order valence-corrected chi connectivity index (χ1v) is 10.0. The maximum absolute atomic E-state index is 12.2. The van der Waals surface area contributed by atoms with Crippen molar-refractivity contribution in [2.24, 2.45) is 0 Å². The van der Waals surface area contributed by atoms with Crippen LogP contribution in [-0.2, 0) is 11.4 Å². The lowest BCUT2D eigenvalue weighted by Gasteiger charge is -2.11. The zero-order valence-corrected chi connectivity index (χ0v) is 18.1. The number of nitrogens with one attached hydrogen (secondary N) is 1. The first kappa shape index (κ1) is 21.8. The number of benzene rings is 3. The van der Waals surface area contributed by atoms with Crippen molar-refractivity contribution in [1.82, 2.24) is 0 Å². The van der Waals surface area contributed by atoms with E-state index in [1.165, 1.54) is 6.08 Å². The lowest BCUT2D eigenvalue weighted by molar-refractivity contribution is -0.111. The van der Waals surface area contributed by atoms with Crippen LogP contribution in [0.15, 0.2) is 66.7 Å². The van der Waals surface area contributed by atoms with Gasteiger partial charge in [-0.15, -0.1) is 0 Å². The van der Waals surface area contributed by atoms with Crippen LogP contribution in [0.4, 0.5) is 5.69 Å². The van der Waals surface area contributed by atoms with Gasteiger partial charge in [-0.05, 0) is 72.2 Å². The Balaban J connectivity index is 1.64. The van der Waals surface area contributed by atoms with E-state index in [0.29, 0.717) is 28.2 Å². The molecule has 6 heteroatoms. The van der Waals surface area contributed by atoms with Gasteiger partial charge in [-0.1, -0.05) is 41.4 Å². The molecule has 0 spiro atoms. The summed E-state index contributed by atoms with van der Waals surface area (Å²) in [6.45, 7) is 2.28. The highest BCUT2D eigenvalue weighted by atomic mass is 35.5. The van der Waals surface area contributed by atoms with E-state index in [0.717, 1.165) is 22.4 Å². The second kappa shape index (κ2) is 10.2. The average Bonchev–Trinajstić information content (AvgIpc) is 2.74. The van der Waals surface area contributed by atoms with Gasteiger partial charge < -0.3 is 14.8 Å². The van der Waals surface area contributed by atoms with Crippen LogP contribution in [0.1, 0.15) is 16.7 Å². The maximum Gasteiger partial charge on any atom is 0.248 e. The minimum Gasteiger partial charge on any atom is -0.493 e. The zero-order valence-electron chi connectivity index (χ0n) is 16.6. The van der Waals surface area contributed by atoms with Gasteiger partial charge in [0, 0.05) is 21.8 Å². The van der Waals surface area contributed by atoms with Crippen LogP contribution in [0.25, 0.3) is 6.08 Å². The number of carbonyl (C=O) groups excluding carboxylic acids is 1. The molecule has 0 unspecified atom stereocenters. The van der Waals surface area contributed by atoms with Gasteiger partial charge in [-0.25, -0.2) is 0 Å². The largest absolute Gasteiger partial charge is 0.493 e. The predicted molar refractivity (Wildman–Crippen MR) is 123 cm³/mol. The monoisotopic (exact) mass is 441 g/mol. The molecule has 4 nitrogen and oxygen atoms in total. The van der Waals surface area contributed by atoms with Crippen molar-refractivity contribution in [3.63, 3.8) is 0 Å². The molecular formula is C24H21Cl2NO3. The summed E-state index contributed by atoms with van der Waals surface area (Å²) in [5.74, 6) is 0.966. The van der Waals surface area contributed by atoms with Gasteiger partial charge in [0.15, 0.2) is 11.5 Å². The highest BCUT2D eigenvalue weighted by Crippen LogP contribution is 2.29. The van der Waals surface area contributed by atoms with Crippen LogP contribution in [0.2, 0.25) is 10.0 Å². The topological polar surface area (TPSA) is 47.6 Å². The second-order valence-electron chi connectivity index (χ2n) is 6.61. The summed E-state index contributed by atoms with van der Waals surface area (Å²) in [7, 11) is 1.58. The summed E-state index contributed by atoms with van der Waals surface area (Å²) in [6, 6.07) is 18.3. The van der Waals surface area contributed by atoms with E-state index in [4.69, 9.17) is 32.7 Å². The first-order valence-electron chi connectivity index (χ1n) is 9.25.